The molecule has 0 aliphatic rings. The van der Waals surface area contributed by atoms with E-state index < -0.39 is 17.2 Å². The molecule has 0 fully saturated rings. The number of nitrogens with one attached hydrogen (secondary N) is 1. The van der Waals surface area contributed by atoms with Gasteiger partial charge in [0.05, 0.1) is 17.8 Å². The van der Waals surface area contributed by atoms with E-state index in [-0.39, 0.29) is 12.1 Å². The average molecular weight is 372 g/mol. The first-order chi connectivity index (χ1) is 12.5. The first-order valence-corrected chi connectivity index (χ1v) is 8.18. The van der Waals surface area contributed by atoms with E-state index in [1.54, 1.807) is 23.0 Å². The Bertz CT molecular complexity index is 1180. The minimum atomic E-state index is -1.07. The van der Waals surface area contributed by atoms with Crippen LogP contribution in [0.1, 0.15) is 5.56 Å². The molecule has 2 aromatic heterocycles. The number of aromatic nitrogens is 3. The second kappa shape index (κ2) is 6.38. The third-order valence-electron chi connectivity index (χ3n) is 4.09. The van der Waals surface area contributed by atoms with Crippen molar-refractivity contribution in [1.82, 2.24) is 14.8 Å². The van der Waals surface area contributed by atoms with Gasteiger partial charge < -0.3 is 4.98 Å². The van der Waals surface area contributed by atoms with Crippen molar-refractivity contribution in [3.05, 3.63) is 87.3 Å². The number of halogens is 3. The topological polar surface area (TPSA) is 50.7 Å². The zero-order chi connectivity index (χ0) is 18.3. The van der Waals surface area contributed by atoms with E-state index in [9.17, 15) is 13.6 Å². The molecule has 0 spiro atoms. The molecule has 0 aliphatic carbocycles. The lowest BCUT2D eigenvalue weighted by Gasteiger charge is -2.08. The van der Waals surface area contributed by atoms with E-state index in [0.29, 0.717) is 16.0 Å². The number of rotatable bonds is 3. The van der Waals surface area contributed by atoms with Crippen LogP contribution in [0.25, 0.3) is 22.2 Å². The van der Waals surface area contributed by atoms with Crippen LogP contribution in [-0.2, 0) is 6.54 Å². The molecule has 4 aromatic rings. The maximum Gasteiger partial charge on any atom is 0.248 e. The lowest BCUT2D eigenvalue weighted by Crippen LogP contribution is -2.11. The molecule has 0 saturated heterocycles. The van der Waals surface area contributed by atoms with Crippen molar-refractivity contribution in [3.63, 3.8) is 0 Å². The highest BCUT2D eigenvalue weighted by Crippen LogP contribution is 2.23. The number of H-pyrrole nitrogens is 1. The summed E-state index contributed by atoms with van der Waals surface area (Å²) in [6.45, 7) is 0.242. The number of benzene rings is 2. The monoisotopic (exact) mass is 371 g/mol. The van der Waals surface area contributed by atoms with E-state index >= 15 is 0 Å². The molecule has 1 N–H and O–H groups in total. The van der Waals surface area contributed by atoms with E-state index in [0.717, 1.165) is 17.3 Å². The minimum Gasteiger partial charge on any atom is -0.319 e. The van der Waals surface area contributed by atoms with Crippen LogP contribution < -0.4 is 5.56 Å². The Kier molecular flexibility index (Phi) is 4.05. The number of aromatic amines is 1. The van der Waals surface area contributed by atoms with E-state index in [4.69, 9.17) is 11.6 Å². The first-order valence-electron chi connectivity index (χ1n) is 7.80. The van der Waals surface area contributed by atoms with Crippen molar-refractivity contribution < 1.29 is 8.78 Å². The highest BCUT2D eigenvalue weighted by atomic mass is 35.5. The van der Waals surface area contributed by atoms with Gasteiger partial charge in [0.25, 0.3) is 0 Å². The summed E-state index contributed by atoms with van der Waals surface area (Å²) in [6, 6.07) is 13.0. The molecule has 7 heteroatoms. The molecule has 0 atom stereocenters. The van der Waals surface area contributed by atoms with Crippen molar-refractivity contribution >= 4 is 22.5 Å². The van der Waals surface area contributed by atoms with Crippen LogP contribution in [-0.4, -0.2) is 14.8 Å². The molecule has 4 rings (SSSR count). The lowest BCUT2D eigenvalue weighted by molar-refractivity contribution is 0.515. The van der Waals surface area contributed by atoms with Crippen LogP contribution in [0.4, 0.5) is 8.78 Å². The van der Waals surface area contributed by atoms with Crippen LogP contribution in [0, 0.1) is 11.6 Å². The Hall–Kier alpha value is -2.99. The van der Waals surface area contributed by atoms with E-state index in [1.807, 2.05) is 18.2 Å². The number of hydrogen-bond donors (Lipinski definition) is 1. The molecular formula is C19H12ClF2N3O. The van der Waals surface area contributed by atoms with Crippen LogP contribution in [0.15, 0.2) is 59.5 Å². The third-order valence-corrected chi connectivity index (χ3v) is 4.32. The normalized spacial score (nSPS) is 11.2. The zero-order valence-corrected chi connectivity index (χ0v) is 14.1. The van der Waals surface area contributed by atoms with Gasteiger partial charge in [0.2, 0.25) is 5.56 Å². The molecular weight excluding hydrogens is 360 g/mol. The van der Waals surface area contributed by atoms with Crippen LogP contribution in [0.5, 0.6) is 0 Å². The first kappa shape index (κ1) is 16.5. The predicted octanol–water partition coefficient (Wildman–Crippen LogP) is 4.37. The molecule has 4 nitrogen and oxygen atoms in total. The molecule has 0 aliphatic heterocycles. The van der Waals surface area contributed by atoms with Crippen LogP contribution in [0.2, 0.25) is 5.02 Å². The molecule has 0 bridgehead atoms. The van der Waals surface area contributed by atoms with Crippen molar-refractivity contribution in [3.8, 4) is 11.3 Å². The smallest absolute Gasteiger partial charge is 0.248 e. The summed E-state index contributed by atoms with van der Waals surface area (Å²) in [5.41, 5.74) is 1.48. The van der Waals surface area contributed by atoms with Gasteiger partial charge in [-0.25, -0.2) is 8.78 Å². The summed E-state index contributed by atoms with van der Waals surface area (Å²) >= 11 is 6.00. The highest BCUT2D eigenvalue weighted by Gasteiger charge is 2.12. The van der Waals surface area contributed by atoms with Gasteiger partial charge in [-0.2, -0.15) is 5.10 Å². The second-order valence-electron chi connectivity index (χ2n) is 5.85. The summed E-state index contributed by atoms with van der Waals surface area (Å²) in [4.78, 5) is 14.2. The summed E-state index contributed by atoms with van der Waals surface area (Å²) in [5, 5.41) is 5.51. The Balaban J connectivity index is 1.74. The highest BCUT2D eigenvalue weighted by molar-refractivity contribution is 6.30. The number of pyridine rings is 1. The predicted molar refractivity (Wildman–Crippen MR) is 96.3 cm³/mol. The van der Waals surface area contributed by atoms with Crippen molar-refractivity contribution in [1.29, 1.82) is 0 Å². The Morgan fingerprint density at radius 3 is 2.77 bits per heavy atom. The van der Waals surface area contributed by atoms with Gasteiger partial charge in [-0.15, -0.1) is 0 Å². The molecule has 0 saturated carbocycles. The second-order valence-corrected chi connectivity index (χ2v) is 6.29. The maximum absolute atomic E-state index is 14.0. The fraction of sp³-hybridized carbons (Fsp3) is 0.0526. The fourth-order valence-electron chi connectivity index (χ4n) is 2.89. The van der Waals surface area contributed by atoms with Crippen molar-refractivity contribution in [2.75, 3.05) is 0 Å². The quantitative estimate of drug-likeness (QED) is 0.581. The molecule has 2 heterocycles. The number of nitrogens with zero attached hydrogens (tertiary/aromatic N) is 2. The van der Waals surface area contributed by atoms with Gasteiger partial charge in [-0.1, -0.05) is 23.7 Å². The Morgan fingerprint density at radius 2 is 1.96 bits per heavy atom. The molecule has 0 radical (unpaired) electrons. The standard InChI is InChI=1S/C19H12ClF2N3O/c20-13-3-1-2-11(8-13)16-6-7-25(24-16)10-12-9-17(26)23-19-14(12)4-5-15(21)18(19)22/h1-9H,10H2,(H,23,26). The molecule has 26 heavy (non-hydrogen) atoms. The van der Waals surface area contributed by atoms with Gasteiger partial charge >= 0.3 is 0 Å². The van der Waals surface area contributed by atoms with Crippen molar-refractivity contribution in [2.45, 2.75) is 6.54 Å². The Morgan fingerprint density at radius 1 is 1.12 bits per heavy atom. The average Bonchev–Trinajstić information content (AvgIpc) is 3.07. The number of fused-ring (bicyclic) bond motifs is 1. The fourth-order valence-corrected chi connectivity index (χ4v) is 3.08. The van der Waals surface area contributed by atoms with Gasteiger partial charge in [-0.05, 0) is 35.9 Å². The van der Waals surface area contributed by atoms with Crippen LogP contribution >= 0.6 is 11.6 Å². The lowest BCUT2D eigenvalue weighted by atomic mass is 10.1. The molecule has 2 aromatic carbocycles. The van der Waals surface area contributed by atoms with Gasteiger partial charge in [0.15, 0.2) is 11.6 Å². The molecule has 0 unspecified atom stereocenters. The summed E-state index contributed by atoms with van der Waals surface area (Å²) in [5.74, 6) is -2.07. The van der Waals surface area contributed by atoms with E-state index in [1.165, 1.54) is 12.1 Å². The zero-order valence-electron chi connectivity index (χ0n) is 13.3. The summed E-state index contributed by atoms with van der Waals surface area (Å²) < 4.78 is 29.0. The van der Waals surface area contributed by atoms with Gasteiger partial charge in [0, 0.05) is 28.2 Å². The molecule has 130 valence electrons. The number of hydrogen-bond acceptors (Lipinski definition) is 2. The molecule has 0 amide bonds. The van der Waals surface area contributed by atoms with Gasteiger partial charge in [-0.3, -0.25) is 9.48 Å². The summed E-state index contributed by atoms with van der Waals surface area (Å²) in [6.07, 6.45) is 1.75. The SMILES string of the molecule is O=c1cc(Cn2ccc(-c3cccc(Cl)c3)n2)c2ccc(F)c(F)c2[nH]1. The third kappa shape index (κ3) is 2.99. The largest absolute Gasteiger partial charge is 0.319 e. The van der Waals surface area contributed by atoms with E-state index in [2.05, 4.69) is 10.1 Å². The maximum atomic E-state index is 14.0. The van der Waals surface area contributed by atoms with Crippen LogP contribution in [0.3, 0.4) is 0 Å². The summed E-state index contributed by atoms with van der Waals surface area (Å²) in [7, 11) is 0. The van der Waals surface area contributed by atoms with Crippen molar-refractivity contribution in [2.24, 2.45) is 0 Å². The van der Waals surface area contributed by atoms with Gasteiger partial charge in [0.1, 0.15) is 0 Å². The minimum absolute atomic E-state index is 0.144. The Labute approximate surface area is 151 Å².